The zero-order valence-corrected chi connectivity index (χ0v) is 12.2. The predicted octanol–water partition coefficient (Wildman–Crippen LogP) is 3.39. The largest absolute Gasteiger partial charge is 0.397 e. The normalized spacial score (nSPS) is 18.6. The minimum Gasteiger partial charge on any atom is -0.397 e. The number of nitrogen functional groups attached to an aromatic ring is 1. The molecule has 0 bridgehead atoms. The van der Waals surface area contributed by atoms with E-state index in [1.165, 1.54) is 19.3 Å². The third kappa shape index (κ3) is 3.18. The van der Waals surface area contributed by atoms with Gasteiger partial charge < -0.3 is 16.2 Å². The van der Waals surface area contributed by atoms with E-state index in [1.807, 2.05) is 18.2 Å². The first kappa shape index (κ1) is 13.7. The Kier molecular flexibility index (Phi) is 4.51. The molecule has 1 aliphatic carbocycles. The summed E-state index contributed by atoms with van der Waals surface area (Å²) in [6.07, 6.45) is 5.93. The number of anilines is 2. The van der Waals surface area contributed by atoms with Gasteiger partial charge in [-0.05, 0) is 31.0 Å². The van der Waals surface area contributed by atoms with E-state index in [9.17, 15) is 5.11 Å². The van der Waals surface area contributed by atoms with Crippen LogP contribution in [0.15, 0.2) is 22.7 Å². The quantitative estimate of drug-likeness (QED) is 0.747. The number of rotatable bonds is 4. The fourth-order valence-electron chi connectivity index (χ4n) is 2.66. The highest BCUT2D eigenvalue weighted by Gasteiger charge is 2.31. The maximum Gasteiger partial charge on any atom is 0.0585 e. The molecule has 0 amide bonds. The fraction of sp³-hybridized carbons (Fsp3) is 0.571. The Bertz CT molecular complexity index is 403. The van der Waals surface area contributed by atoms with Crippen molar-refractivity contribution in [2.24, 2.45) is 5.41 Å². The van der Waals surface area contributed by atoms with Crippen molar-refractivity contribution in [2.75, 3.05) is 24.2 Å². The van der Waals surface area contributed by atoms with Gasteiger partial charge in [-0.25, -0.2) is 0 Å². The van der Waals surface area contributed by atoms with Crippen LogP contribution in [-0.4, -0.2) is 18.3 Å². The molecule has 4 N–H and O–H groups in total. The number of hydrogen-bond donors (Lipinski definition) is 3. The SMILES string of the molecule is Nc1ccc(Br)cc1NCC1(CO)CCCCC1. The summed E-state index contributed by atoms with van der Waals surface area (Å²) in [7, 11) is 0. The van der Waals surface area contributed by atoms with Gasteiger partial charge in [0.1, 0.15) is 0 Å². The molecular weight excluding hydrogens is 292 g/mol. The maximum atomic E-state index is 9.66. The second kappa shape index (κ2) is 5.93. The molecule has 100 valence electrons. The molecule has 0 aromatic heterocycles. The number of nitrogens with two attached hydrogens (primary N) is 1. The molecule has 0 heterocycles. The lowest BCUT2D eigenvalue weighted by Crippen LogP contribution is -2.35. The van der Waals surface area contributed by atoms with E-state index in [4.69, 9.17) is 5.73 Å². The summed E-state index contributed by atoms with van der Waals surface area (Å²) < 4.78 is 1.01. The van der Waals surface area contributed by atoms with Crippen LogP contribution in [0, 0.1) is 5.41 Å². The fourth-order valence-corrected chi connectivity index (χ4v) is 3.02. The first-order valence-electron chi connectivity index (χ1n) is 6.55. The summed E-state index contributed by atoms with van der Waals surface area (Å²) in [6, 6.07) is 5.81. The minimum atomic E-state index is 0.0347. The van der Waals surface area contributed by atoms with Crippen LogP contribution >= 0.6 is 15.9 Å². The molecule has 1 aliphatic rings. The molecule has 0 unspecified atom stereocenters. The molecule has 1 fully saturated rings. The Morgan fingerprint density at radius 1 is 1.28 bits per heavy atom. The molecule has 1 aromatic carbocycles. The van der Waals surface area contributed by atoms with Gasteiger partial charge in [-0.2, -0.15) is 0 Å². The molecule has 18 heavy (non-hydrogen) atoms. The molecule has 1 aromatic rings. The highest BCUT2D eigenvalue weighted by atomic mass is 79.9. The first-order chi connectivity index (χ1) is 8.65. The van der Waals surface area contributed by atoms with Crippen molar-refractivity contribution in [1.82, 2.24) is 0 Å². The number of aliphatic hydroxyl groups excluding tert-OH is 1. The van der Waals surface area contributed by atoms with Gasteiger partial charge in [0.25, 0.3) is 0 Å². The van der Waals surface area contributed by atoms with Crippen molar-refractivity contribution < 1.29 is 5.11 Å². The molecule has 2 rings (SSSR count). The van der Waals surface area contributed by atoms with E-state index in [1.54, 1.807) is 0 Å². The van der Waals surface area contributed by atoms with Crippen molar-refractivity contribution in [1.29, 1.82) is 0 Å². The van der Waals surface area contributed by atoms with E-state index in [2.05, 4.69) is 21.2 Å². The topological polar surface area (TPSA) is 58.3 Å². The Labute approximate surface area is 117 Å². The van der Waals surface area contributed by atoms with Crippen LogP contribution in [0.2, 0.25) is 0 Å². The first-order valence-corrected chi connectivity index (χ1v) is 7.34. The Balaban J connectivity index is 2.03. The van der Waals surface area contributed by atoms with Gasteiger partial charge in [-0.1, -0.05) is 35.2 Å². The molecule has 3 nitrogen and oxygen atoms in total. The number of benzene rings is 1. The zero-order valence-electron chi connectivity index (χ0n) is 10.6. The van der Waals surface area contributed by atoms with Crippen LogP contribution in [0.25, 0.3) is 0 Å². The highest BCUT2D eigenvalue weighted by Crippen LogP contribution is 2.36. The van der Waals surface area contributed by atoms with Crippen LogP contribution < -0.4 is 11.1 Å². The average Bonchev–Trinajstić information content (AvgIpc) is 2.41. The molecule has 1 saturated carbocycles. The summed E-state index contributed by atoms with van der Waals surface area (Å²) in [4.78, 5) is 0. The predicted molar refractivity (Wildman–Crippen MR) is 79.6 cm³/mol. The second-order valence-electron chi connectivity index (χ2n) is 5.30. The van der Waals surface area contributed by atoms with Crippen LogP contribution in [0.1, 0.15) is 32.1 Å². The van der Waals surface area contributed by atoms with Crippen LogP contribution in [0.3, 0.4) is 0 Å². The van der Waals surface area contributed by atoms with E-state index in [0.717, 1.165) is 35.2 Å². The Morgan fingerprint density at radius 2 is 2.00 bits per heavy atom. The molecule has 4 heteroatoms. The zero-order chi connectivity index (χ0) is 13.0. The van der Waals surface area contributed by atoms with Crippen molar-refractivity contribution in [2.45, 2.75) is 32.1 Å². The van der Waals surface area contributed by atoms with Gasteiger partial charge >= 0.3 is 0 Å². The summed E-state index contributed by atoms with van der Waals surface area (Å²) in [5.41, 5.74) is 7.68. The van der Waals surface area contributed by atoms with Gasteiger partial charge in [0.15, 0.2) is 0 Å². The van der Waals surface area contributed by atoms with Gasteiger partial charge in [0, 0.05) is 16.4 Å². The summed E-state index contributed by atoms with van der Waals surface area (Å²) >= 11 is 3.45. The summed E-state index contributed by atoms with van der Waals surface area (Å²) in [5.74, 6) is 0. The number of hydrogen-bond acceptors (Lipinski definition) is 3. The molecular formula is C14H21BrN2O. The number of aliphatic hydroxyl groups is 1. The second-order valence-corrected chi connectivity index (χ2v) is 6.22. The Morgan fingerprint density at radius 3 is 2.67 bits per heavy atom. The van der Waals surface area contributed by atoms with Crippen molar-refractivity contribution in [3.05, 3.63) is 22.7 Å². The molecule has 0 spiro atoms. The van der Waals surface area contributed by atoms with Gasteiger partial charge in [0.05, 0.1) is 18.0 Å². The number of nitrogens with one attached hydrogen (secondary N) is 1. The van der Waals surface area contributed by atoms with Gasteiger partial charge in [-0.3, -0.25) is 0 Å². The van der Waals surface area contributed by atoms with E-state index < -0.39 is 0 Å². The minimum absolute atomic E-state index is 0.0347. The van der Waals surface area contributed by atoms with Crippen LogP contribution in [-0.2, 0) is 0 Å². The van der Waals surface area contributed by atoms with Crippen LogP contribution in [0.5, 0.6) is 0 Å². The average molecular weight is 313 g/mol. The number of halogens is 1. The maximum absolute atomic E-state index is 9.66. The monoisotopic (exact) mass is 312 g/mol. The van der Waals surface area contributed by atoms with Gasteiger partial charge in [-0.15, -0.1) is 0 Å². The summed E-state index contributed by atoms with van der Waals surface area (Å²) in [6.45, 7) is 1.05. The Hall–Kier alpha value is -0.740. The lowest BCUT2D eigenvalue weighted by molar-refractivity contribution is 0.0944. The van der Waals surface area contributed by atoms with Crippen molar-refractivity contribution >= 4 is 27.3 Å². The van der Waals surface area contributed by atoms with Crippen LogP contribution in [0.4, 0.5) is 11.4 Å². The van der Waals surface area contributed by atoms with E-state index >= 15 is 0 Å². The van der Waals surface area contributed by atoms with Crippen molar-refractivity contribution in [3.8, 4) is 0 Å². The van der Waals surface area contributed by atoms with Crippen molar-refractivity contribution in [3.63, 3.8) is 0 Å². The van der Waals surface area contributed by atoms with Gasteiger partial charge in [0.2, 0.25) is 0 Å². The molecule has 0 radical (unpaired) electrons. The van der Waals surface area contributed by atoms with E-state index in [0.29, 0.717) is 0 Å². The third-order valence-corrected chi connectivity index (χ3v) is 4.41. The standard InChI is InChI=1S/C14H21BrN2O/c15-11-4-5-12(16)13(8-11)17-9-14(10-18)6-2-1-3-7-14/h4-5,8,17-18H,1-3,6-7,9-10,16H2. The lowest BCUT2D eigenvalue weighted by atomic mass is 9.74. The smallest absolute Gasteiger partial charge is 0.0585 e. The lowest BCUT2D eigenvalue weighted by Gasteiger charge is -2.36. The van der Waals surface area contributed by atoms with E-state index in [-0.39, 0.29) is 12.0 Å². The highest BCUT2D eigenvalue weighted by molar-refractivity contribution is 9.10. The molecule has 0 saturated heterocycles. The third-order valence-electron chi connectivity index (χ3n) is 3.92. The molecule has 0 atom stereocenters. The molecule has 0 aliphatic heterocycles. The summed E-state index contributed by atoms with van der Waals surface area (Å²) in [5, 5.41) is 13.1.